The quantitative estimate of drug-likeness (QED) is 0.816. The summed E-state index contributed by atoms with van der Waals surface area (Å²) < 4.78 is 0. The fourth-order valence-electron chi connectivity index (χ4n) is 3.29. The molecule has 3 nitrogen and oxygen atoms in total. The van der Waals surface area contributed by atoms with E-state index in [1.54, 1.807) is 0 Å². The van der Waals surface area contributed by atoms with Crippen LogP contribution in [-0.2, 0) is 4.79 Å². The molecule has 2 rings (SSSR count). The number of rotatable bonds is 3. The number of hydrogen-bond donors (Lipinski definition) is 1. The van der Waals surface area contributed by atoms with Crippen LogP contribution in [0.15, 0.2) is 0 Å². The third-order valence-electron chi connectivity index (χ3n) is 4.26. The molecule has 0 aromatic rings. The third kappa shape index (κ3) is 3.44. The van der Waals surface area contributed by atoms with E-state index < -0.39 is 0 Å². The Bertz CT molecular complexity index is 261. The molecule has 1 aliphatic carbocycles. The van der Waals surface area contributed by atoms with Gasteiger partial charge >= 0.3 is 0 Å². The molecule has 1 saturated carbocycles. The summed E-state index contributed by atoms with van der Waals surface area (Å²) in [5, 5.41) is 3.38. The minimum absolute atomic E-state index is 0.225. The molecule has 1 amide bonds. The molecule has 2 aliphatic rings. The van der Waals surface area contributed by atoms with Crippen molar-refractivity contribution in [2.45, 2.75) is 52.0 Å². The first-order valence-electron chi connectivity index (χ1n) is 7.19. The topological polar surface area (TPSA) is 32.3 Å². The summed E-state index contributed by atoms with van der Waals surface area (Å²) in [6.07, 6.45) is 6.54. The number of hydrogen-bond acceptors (Lipinski definition) is 2. The Morgan fingerprint density at radius 2 is 2.12 bits per heavy atom. The highest BCUT2D eigenvalue weighted by Crippen LogP contribution is 2.30. The summed E-state index contributed by atoms with van der Waals surface area (Å²) in [5.74, 6) is 1.42. The highest BCUT2D eigenvalue weighted by atomic mass is 16.2. The molecule has 1 saturated heterocycles. The van der Waals surface area contributed by atoms with Crippen molar-refractivity contribution in [1.82, 2.24) is 10.2 Å². The van der Waals surface area contributed by atoms with E-state index in [0.717, 1.165) is 32.0 Å². The zero-order chi connectivity index (χ0) is 12.3. The molecular formula is C14H26N2O. The Morgan fingerprint density at radius 1 is 1.41 bits per heavy atom. The minimum Gasteiger partial charge on any atom is -0.340 e. The van der Waals surface area contributed by atoms with E-state index in [2.05, 4.69) is 24.1 Å². The predicted octanol–water partition coefficient (Wildman–Crippen LogP) is 2.02. The van der Waals surface area contributed by atoms with Gasteiger partial charge in [0.15, 0.2) is 0 Å². The van der Waals surface area contributed by atoms with E-state index in [1.807, 2.05) is 0 Å². The predicted molar refractivity (Wildman–Crippen MR) is 69.8 cm³/mol. The molecule has 2 unspecified atom stereocenters. The average molecular weight is 238 g/mol. The molecule has 0 radical (unpaired) electrons. The van der Waals surface area contributed by atoms with Crippen LogP contribution in [0.2, 0.25) is 0 Å². The van der Waals surface area contributed by atoms with Crippen LogP contribution >= 0.6 is 0 Å². The maximum Gasteiger partial charge on any atom is 0.225 e. The van der Waals surface area contributed by atoms with Crippen molar-refractivity contribution in [2.24, 2.45) is 11.8 Å². The van der Waals surface area contributed by atoms with Crippen LogP contribution in [0.1, 0.15) is 46.0 Å². The van der Waals surface area contributed by atoms with Crippen LogP contribution in [-0.4, -0.2) is 36.5 Å². The van der Waals surface area contributed by atoms with Crippen molar-refractivity contribution < 1.29 is 4.79 Å². The SMILES string of the molecule is CC1CN(C(=O)C(C)CC2CCCC2)CCN1. The van der Waals surface area contributed by atoms with Gasteiger partial charge in [0.25, 0.3) is 0 Å². The molecule has 0 spiro atoms. The van der Waals surface area contributed by atoms with Gasteiger partial charge in [0.2, 0.25) is 5.91 Å². The molecule has 98 valence electrons. The van der Waals surface area contributed by atoms with Crippen molar-refractivity contribution in [3.8, 4) is 0 Å². The van der Waals surface area contributed by atoms with Crippen LogP contribution in [0.4, 0.5) is 0 Å². The average Bonchev–Trinajstić information content (AvgIpc) is 2.80. The van der Waals surface area contributed by atoms with Gasteiger partial charge in [0, 0.05) is 31.6 Å². The zero-order valence-electron chi connectivity index (χ0n) is 11.2. The molecule has 0 aromatic heterocycles. The summed E-state index contributed by atoms with van der Waals surface area (Å²) in [7, 11) is 0. The highest BCUT2D eigenvalue weighted by Gasteiger charge is 2.27. The number of carbonyl (C=O) groups excluding carboxylic acids is 1. The van der Waals surface area contributed by atoms with Crippen molar-refractivity contribution in [1.29, 1.82) is 0 Å². The molecule has 1 heterocycles. The van der Waals surface area contributed by atoms with E-state index in [4.69, 9.17) is 0 Å². The van der Waals surface area contributed by atoms with Crippen molar-refractivity contribution in [2.75, 3.05) is 19.6 Å². The molecule has 1 aliphatic heterocycles. The van der Waals surface area contributed by atoms with Crippen molar-refractivity contribution >= 4 is 5.91 Å². The fraction of sp³-hybridized carbons (Fsp3) is 0.929. The first kappa shape index (κ1) is 12.9. The largest absolute Gasteiger partial charge is 0.340 e. The highest BCUT2D eigenvalue weighted by molar-refractivity contribution is 5.78. The van der Waals surface area contributed by atoms with Gasteiger partial charge < -0.3 is 10.2 Å². The second-order valence-corrected chi connectivity index (χ2v) is 5.93. The summed E-state index contributed by atoms with van der Waals surface area (Å²) >= 11 is 0. The lowest BCUT2D eigenvalue weighted by molar-refractivity contribution is -0.136. The fourth-order valence-corrected chi connectivity index (χ4v) is 3.29. The second kappa shape index (κ2) is 5.85. The number of carbonyl (C=O) groups is 1. The van der Waals surface area contributed by atoms with E-state index in [-0.39, 0.29) is 5.92 Å². The van der Waals surface area contributed by atoms with Gasteiger partial charge in [-0.15, -0.1) is 0 Å². The van der Waals surface area contributed by atoms with Gasteiger partial charge in [-0.05, 0) is 19.3 Å². The molecular weight excluding hydrogens is 212 g/mol. The Morgan fingerprint density at radius 3 is 2.76 bits per heavy atom. The van der Waals surface area contributed by atoms with Gasteiger partial charge in [-0.1, -0.05) is 32.6 Å². The van der Waals surface area contributed by atoms with Gasteiger partial charge in [-0.25, -0.2) is 0 Å². The number of nitrogens with one attached hydrogen (secondary N) is 1. The first-order chi connectivity index (χ1) is 8.16. The molecule has 17 heavy (non-hydrogen) atoms. The van der Waals surface area contributed by atoms with Crippen molar-refractivity contribution in [3.63, 3.8) is 0 Å². The summed E-state index contributed by atoms with van der Waals surface area (Å²) in [6, 6.07) is 0.450. The summed E-state index contributed by atoms with van der Waals surface area (Å²) in [5.41, 5.74) is 0. The lowest BCUT2D eigenvalue weighted by atomic mass is 9.93. The number of piperazine rings is 1. The Kier molecular flexibility index (Phi) is 4.43. The lowest BCUT2D eigenvalue weighted by Gasteiger charge is -2.34. The third-order valence-corrected chi connectivity index (χ3v) is 4.26. The normalized spacial score (nSPS) is 28.4. The maximum atomic E-state index is 12.3. The maximum absolute atomic E-state index is 12.3. The molecule has 0 aromatic carbocycles. The monoisotopic (exact) mass is 238 g/mol. The second-order valence-electron chi connectivity index (χ2n) is 5.93. The van der Waals surface area contributed by atoms with Crippen LogP contribution in [0, 0.1) is 11.8 Å². The van der Waals surface area contributed by atoms with Crippen LogP contribution in [0.25, 0.3) is 0 Å². The van der Waals surface area contributed by atoms with E-state index >= 15 is 0 Å². The van der Waals surface area contributed by atoms with Gasteiger partial charge in [-0.3, -0.25) is 4.79 Å². The number of nitrogens with zero attached hydrogens (tertiary/aromatic N) is 1. The molecule has 1 N–H and O–H groups in total. The first-order valence-corrected chi connectivity index (χ1v) is 7.19. The Labute approximate surface area is 105 Å². The standard InChI is InChI=1S/C14H26N2O/c1-11(9-13-5-3-4-6-13)14(17)16-8-7-15-12(2)10-16/h11-13,15H,3-10H2,1-2H3. The summed E-state index contributed by atoms with van der Waals surface area (Å²) in [6.45, 7) is 6.99. The Balaban J connectivity index is 1.81. The van der Waals surface area contributed by atoms with Crippen molar-refractivity contribution in [3.05, 3.63) is 0 Å². The van der Waals surface area contributed by atoms with Crippen LogP contribution in [0.3, 0.4) is 0 Å². The van der Waals surface area contributed by atoms with E-state index in [9.17, 15) is 4.79 Å². The van der Waals surface area contributed by atoms with E-state index in [1.165, 1.54) is 25.7 Å². The Hall–Kier alpha value is -0.570. The number of amides is 1. The lowest BCUT2D eigenvalue weighted by Crippen LogP contribution is -2.52. The zero-order valence-corrected chi connectivity index (χ0v) is 11.2. The smallest absolute Gasteiger partial charge is 0.225 e. The van der Waals surface area contributed by atoms with Crippen LogP contribution in [0.5, 0.6) is 0 Å². The molecule has 2 atom stereocenters. The summed E-state index contributed by atoms with van der Waals surface area (Å²) in [4.78, 5) is 14.4. The van der Waals surface area contributed by atoms with Crippen LogP contribution < -0.4 is 5.32 Å². The van der Waals surface area contributed by atoms with E-state index in [0.29, 0.717) is 11.9 Å². The molecule has 0 bridgehead atoms. The molecule has 3 heteroatoms. The van der Waals surface area contributed by atoms with Gasteiger partial charge in [0.05, 0.1) is 0 Å². The van der Waals surface area contributed by atoms with Gasteiger partial charge in [-0.2, -0.15) is 0 Å². The molecule has 2 fully saturated rings. The van der Waals surface area contributed by atoms with Gasteiger partial charge in [0.1, 0.15) is 0 Å². The minimum atomic E-state index is 0.225.